The predicted molar refractivity (Wildman–Crippen MR) is 117 cm³/mol. The minimum atomic E-state index is 0.0806. The molecule has 1 amide bonds. The maximum Gasteiger partial charge on any atom is 0.255 e. The van der Waals surface area contributed by atoms with Crippen molar-refractivity contribution in [3.05, 3.63) is 59.7 Å². The lowest BCUT2D eigenvalue weighted by atomic mass is 10.2. The first kappa shape index (κ1) is 21.4. The van der Waals surface area contributed by atoms with Crippen LogP contribution in [0.1, 0.15) is 22.3 Å². The van der Waals surface area contributed by atoms with Gasteiger partial charge in [-0.1, -0.05) is 36.0 Å². The van der Waals surface area contributed by atoms with Crippen LogP contribution in [-0.4, -0.2) is 74.0 Å². The van der Waals surface area contributed by atoms with E-state index in [-0.39, 0.29) is 5.91 Å². The molecule has 0 N–H and O–H groups in total. The predicted octanol–water partition coefficient (Wildman–Crippen LogP) is 3.42. The molecule has 1 fully saturated rings. The van der Waals surface area contributed by atoms with Crippen molar-refractivity contribution in [3.8, 4) is 6.07 Å². The number of benzene rings is 2. The molecule has 6 heteroatoms. The van der Waals surface area contributed by atoms with Gasteiger partial charge in [0.2, 0.25) is 0 Å². The molecule has 1 aliphatic heterocycles. The highest BCUT2D eigenvalue weighted by Gasteiger charge is 2.22. The average molecular weight is 409 g/mol. The summed E-state index contributed by atoms with van der Waals surface area (Å²) in [5, 5.41) is 9.37. The van der Waals surface area contributed by atoms with Gasteiger partial charge in [0.25, 0.3) is 5.91 Å². The van der Waals surface area contributed by atoms with Gasteiger partial charge in [-0.15, -0.1) is 0 Å². The number of hydrogen-bond donors (Lipinski definition) is 0. The van der Waals surface area contributed by atoms with Crippen molar-refractivity contribution in [1.29, 1.82) is 5.26 Å². The van der Waals surface area contributed by atoms with Crippen LogP contribution in [0.5, 0.6) is 0 Å². The number of nitrogens with zero attached hydrogens (tertiary/aromatic N) is 4. The van der Waals surface area contributed by atoms with E-state index in [0.29, 0.717) is 11.1 Å². The topological polar surface area (TPSA) is 50.6 Å². The molecule has 0 saturated carbocycles. The summed E-state index contributed by atoms with van der Waals surface area (Å²) in [5.74, 6) is 0.0806. The van der Waals surface area contributed by atoms with Gasteiger partial charge in [0.15, 0.2) is 0 Å². The highest BCUT2D eigenvalue weighted by atomic mass is 32.2. The number of rotatable bonds is 6. The zero-order valence-corrected chi connectivity index (χ0v) is 18.0. The highest BCUT2D eigenvalue weighted by molar-refractivity contribution is 7.99. The summed E-state index contributed by atoms with van der Waals surface area (Å²) in [6, 6.07) is 17.5. The number of likely N-dealkylation sites (N-methyl/N-ethyl adjacent to an activating group) is 1. The molecule has 0 aliphatic carbocycles. The van der Waals surface area contributed by atoms with E-state index in [9.17, 15) is 10.1 Å². The fourth-order valence-corrected chi connectivity index (χ4v) is 4.43. The van der Waals surface area contributed by atoms with Crippen LogP contribution in [0.3, 0.4) is 0 Å². The maximum absolute atomic E-state index is 13.3. The number of carbonyl (C=O) groups excluding carboxylic acids is 1. The van der Waals surface area contributed by atoms with Crippen LogP contribution >= 0.6 is 11.8 Å². The molecule has 1 saturated heterocycles. The lowest BCUT2D eigenvalue weighted by Gasteiger charge is -2.23. The van der Waals surface area contributed by atoms with E-state index in [2.05, 4.69) is 30.0 Å². The van der Waals surface area contributed by atoms with Crippen LogP contribution in [0, 0.1) is 11.3 Å². The monoisotopic (exact) mass is 408 g/mol. The number of hydrogen-bond acceptors (Lipinski definition) is 5. The van der Waals surface area contributed by atoms with Crippen LogP contribution in [0.25, 0.3) is 0 Å². The Balaban J connectivity index is 1.72. The molecule has 2 aromatic carbocycles. The normalized spacial score (nSPS) is 15.2. The quantitative estimate of drug-likeness (QED) is 0.733. The van der Waals surface area contributed by atoms with E-state index in [1.165, 1.54) is 11.8 Å². The van der Waals surface area contributed by atoms with E-state index >= 15 is 0 Å². The molecule has 5 nitrogen and oxygen atoms in total. The largest absolute Gasteiger partial charge is 0.337 e. The van der Waals surface area contributed by atoms with E-state index < -0.39 is 0 Å². The van der Waals surface area contributed by atoms with Crippen LogP contribution in [0.2, 0.25) is 0 Å². The molecule has 0 radical (unpaired) electrons. The zero-order chi connectivity index (χ0) is 20.6. The third-order valence-electron chi connectivity index (χ3n) is 5.08. The third kappa shape index (κ3) is 5.83. The second-order valence-corrected chi connectivity index (χ2v) is 8.58. The fourth-order valence-electron chi connectivity index (χ4n) is 3.41. The number of nitriles is 1. The molecule has 1 heterocycles. The summed E-state index contributed by atoms with van der Waals surface area (Å²) in [6.45, 7) is 5.54. The van der Waals surface area contributed by atoms with Crippen molar-refractivity contribution in [1.82, 2.24) is 14.7 Å². The lowest BCUT2D eigenvalue weighted by Crippen LogP contribution is -2.37. The van der Waals surface area contributed by atoms with Crippen molar-refractivity contribution in [2.24, 2.45) is 0 Å². The minimum absolute atomic E-state index is 0.0806. The lowest BCUT2D eigenvalue weighted by molar-refractivity contribution is 0.0757. The second kappa shape index (κ2) is 10.4. The van der Waals surface area contributed by atoms with Gasteiger partial charge >= 0.3 is 0 Å². The van der Waals surface area contributed by atoms with Gasteiger partial charge in [-0.25, -0.2) is 0 Å². The smallest absolute Gasteiger partial charge is 0.255 e. The Morgan fingerprint density at radius 1 is 1.03 bits per heavy atom. The summed E-state index contributed by atoms with van der Waals surface area (Å²) in [5.41, 5.74) is 1.35. The van der Waals surface area contributed by atoms with E-state index in [1.54, 1.807) is 0 Å². The second-order valence-electron chi connectivity index (χ2n) is 7.50. The third-order valence-corrected chi connectivity index (χ3v) is 6.24. The molecular formula is C23H28N4OS. The first-order valence-electron chi connectivity index (χ1n) is 10.0. The van der Waals surface area contributed by atoms with Gasteiger partial charge in [0.1, 0.15) is 6.07 Å². The molecule has 29 heavy (non-hydrogen) atoms. The highest BCUT2D eigenvalue weighted by Crippen LogP contribution is 2.33. The summed E-state index contributed by atoms with van der Waals surface area (Å²) in [6.07, 6.45) is 0.992. The van der Waals surface area contributed by atoms with Crippen molar-refractivity contribution in [2.45, 2.75) is 16.2 Å². The molecule has 1 aliphatic rings. The molecule has 0 atom stereocenters. The van der Waals surface area contributed by atoms with Crippen molar-refractivity contribution in [2.75, 3.05) is 53.4 Å². The van der Waals surface area contributed by atoms with E-state index in [0.717, 1.165) is 55.5 Å². The van der Waals surface area contributed by atoms with Crippen LogP contribution in [0.4, 0.5) is 0 Å². The summed E-state index contributed by atoms with van der Waals surface area (Å²) < 4.78 is 0. The maximum atomic E-state index is 13.3. The number of carbonyl (C=O) groups is 1. The Morgan fingerprint density at radius 2 is 1.76 bits per heavy atom. The zero-order valence-electron chi connectivity index (χ0n) is 17.2. The van der Waals surface area contributed by atoms with Crippen LogP contribution in [-0.2, 0) is 0 Å². The van der Waals surface area contributed by atoms with Gasteiger partial charge in [0, 0.05) is 42.5 Å². The van der Waals surface area contributed by atoms with E-state index in [1.807, 2.05) is 53.4 Å². The molecule has 2 aromatic rings. The Bertz CT molecular complexity index is 877. The van der Waals surface area contributed by atoms with Crippen molar-refractivity contribution in [3.63, 3.8) is 0 Å². The SMILES string of the molecule is CN(C)CCN1CCCN(C(=O)c2ccccc2Sc2ccccc2C#N)CC1. The fraction of sp³-hybridized carbons (Fsp3) is 0.391. The molecule has 0 spiro atoms. The molecular weight excluding hydrogens is 380 g/mol. The van der Waals surface area contributed by atoms with Gasteiger partial charge in [0.05, 0.1) is 11.1 Å². The summed E-state index contributed by atoms with van der Waals surface area (Å²) in [7, 11) is 4.18. The molecule has 0 bridgehead atoms. The van der Waals surface area contributed by atoms with Crippen LogP contribution in [0.15, 0.2) is 58.3 Å². The Morgan fingerprint density at radius 3 is 2.52 bits per heavy atom. The Kier molecular flexibility index (Phi) is 7.70. The van der Waals surface area contributed by atoms with Gasteiger partial charge in [-0.05, 0) is 51.3 Å². The Labute approximate surface area is 177 Å². The first-order valence-corrected chi connectivity index (χ1v) is 10.8. The Hall–Kier alpha value is -2.33. The van der Waals surface area contributed by atoms with Gasteiger partial charge in [-0.3, -0.25) is 4.79 Å². The van der Waals surface area contributed by atoms with Crippen molar-refractivity contribution >= 4 is 17.7 Å². The molecule has 0 unspecified atom stereocenters. The molecule has 3 rings (SSSR count). The standard InChI is InChI=1S/C23H28N4OS/c1-25(2)14-15-26-12-7-13-27(17-16-26)23(28)20-9-4-6-11-22(20)29-21-10-5-3-8-19(21)18-24/h3-6,8-11H,7,12-17H2,1-2H3. The molecule has 0 aromatic heterocycles. The van der Waals surface area contributed by atoms with Crippen LogP contribution < -0.4 is 0 Å². The van der Waals surface area contributed by atoms with Gasteiger partial charge < -0.3 is 14.7 Å². The van der Waals surface area contributed by atoms with Gasteiger partial charge in [-0.2, -0.15) is 5.26 Å². The first-order chi connectivity index (χ1) is 14.1. The minimum Gasteiger partial charge on any atom is -0.337 e. The van der Waals surface area contributed by atoms with Crippen molar-refractivity contribution < 1.29 is 4.79 Å². The molecule has 152 valence electrons. The number of amides is 1. The summed E-state index contributed by atoms with van der Waals surface area (Å²) >= 11 is 1.49. The average Bonchev–Trinajstić information content (AvgIpc) is 2.98. The van der Waals surface area contributed by atoms with E-state index in [4.69, 9.17) is 0 Å². The summed E-state index contributed by atoms with van der Waals surface area (Å²) in [4.78, 5) is 21.7.